The van der Waals surface area contributed by atoms with Crippen molar-refractivity contribution < 1.29 is 37.3 Å². The second-order valence-corrected chi connectivity index (χ2v) is 11.6. The maximum atomic E-state index is 13.5. The lowest BCUT2D eigenvalue weighted by molar-refractivity contribution is -0.137. The molecule has 1 N–H and O–H groups in total. The number of carboxylic acid groups (broad SMARTS) is 1. The zero-order valence-corrected chi connectivity index (χ0v) is 22.4. The first-order chi connectivity index (χ1) is 17.8. The molecule has 2 fully saturated rings. The van der Waals surface area contributed by atoms with E-state index in [1.165, 1.54) is 16.2 Å². The number of halogens is 3. The number of ether oxygens (including phenoxy) is 2. The molecule has 38 heavy (non-hydrogen) atoms. The summed E-state index contributed by atoms with van der Waals surface area (Å²) in [6, 6.07) is 2.24. The van der Waals surface area contributed by atoms with Crippen LogP contribution in [0.4, 0.5) is 18.0 Å². The molecule has 0 aliphatic carbocycles. The fraction of sp³-hybridized carbons (Fsp3) is 0.577. The van der Waals surface area contributed by atoms with Gasteiger partial charge >= 0.3 is 12.3 Å². The summed E-state index contributed by atoms with van der Waals surface area (Å²) in [7, 11) is 0. The van der Waals surface area contributed by atoms with Gasteiger partial charge in [-0.15, -0.1) is 11.3 Å². The van der Waals surface area contributed by atoms with Gasteiger partial charge in [0.2, 0.25) is 0 Å². The Morgan fingerprint density at radius 3 is 2.61 bits per heavy atom. The van der Waals surface area contributed by atoms with Crippen molar-refractivity contribution in [2.45, 2.75) is 76.7 Å². The average molecular weight is 556 g/mol. The van der Waals surface area contributed by atoms with Gasteiger partial charge in [-0.1, -0.05) is 20.8 Å². The minimum absolute atomic E-state index is 0.0254. The Labute approximate surface area is 222 Å². The van der Waals surface area contributed by atoms with Crippen LogP contribution in [0, 0.1) is 0 Å². The molecule has 0 unspecified atom stereocenters. The first-order valence-corrected chi connectivity index (χ1v) is 13.4. The van der Waals surface area contributed by atoms with Crippen LogP contribution in [0.2, 0.25) is 0 Å². The third-order valence-corrected chi connectivity index (χ3v) is 8.12. The molecule has 3 heterocycles. The van der Waals surface area contributed by atoms with E-state index in [0.29, 0.717) is 37.3 Å². The Hall–Kier alpha value is -2.86. The number of carbonyl (C=O) groups is 2. The number of rotatable bonds is 6. The van der Waals surface area contributed by atoms with E-state index in [4.69, 9.17) is 9.47 Å². The summed E-state index contributed by atoms with van der Waals surface area (Å²) in [6.07, 6.45) is -0.814. The Morgan fingerprint density at radius 1 is 1.21 bits per heavy atom. The topological polar surface area (TPSA) is 93.4 Å². The van der Waals surface area contributed by atoms with Crippen LogP contribution in [0.15, 0.2) is 29.4 Å². The minimum atomic E-state index is -4.67. The summed E-state index contributed by atoms with van der Waals surface area (Å²) in [6.45, 7) is 7.52. The van der Waals surface area contributed by atoms with Crippen LogP contribution in [-0.4, -0.2) is 58.5 Å². The molecule has 208 valence electrons. The largest absolute Gasteiger partial charge is 0.491 e. The molecule has 0 spiro atoms. The summed E-state index contributed by atoms with van der Waals surface area (Å²) in [5.41, 5.74) is -1.54. The zero-order chi connectivity index (χ0) is 27.7. The minimum Gasteiger partial charge on any atom is -0.491 e. The highest BCUT2D eigenvalue weighted by molar-refractivity contribution is 7.09. The fourth-order valence-electron chi connectivity index (χ4n) is 4.55. The molecule has 0 radical (unpaired) electrons. The summed E-state index contributed by atoms with van der Waals surface area (Å²) in [4.78, 5) is 31.6. The summed E-state index contributed by atoms with van der Waals surface area (Å²) < 4.78 is 53.9. The van der Waals surface area contributed by atoms with Gasteiger partial charge in [-0.05, 0) is 49.3 Å². The fourth-order valence-corrected chi connectivity index (χ4v) is 5.60. The molecular formula is C26H32F3N3O5S. The van der Waals surface area contributed by atoms with Gasteiger partial charge in [-0.3, -0.25) is 4.79 Å². The number of aromatic nitrogens is 1. The number of nitrogens with zero attached hydrogens (tertiary/aromatic N) is 3. The van der Waals surface area contributed by atoms with Crippen molar-refractivity contribution in [2.75, 3.05) is 19.8 Å². The van der Waals surface area contributed by atoms with E-state index in [0.717, 1.165) is 35.9 Å². The molecule has 8 nitrogen and oxygen atoms in total. The molecule has 4 rings (SSSR count). The van der Waals surface area contributed by atoms with Crippen molar-refractivity contribution in [1.29, 1.82) is 0 Å². The van der Waals surface area contributed by atoms with E-state index >= 15 is 0 Å². The second-order valence-electron chi connectivity index (χ2n) is 10.6. The summed E-state index contributed by atoms with van der Waals surface area (Å²) in [5.74, 6) is -0.932. The van der Waals surface area contributed by atoms with Gasteiger partial charge in [0.25, 0.3) is 5.91 Å². The molecule has 2 atom stereocenters. The van der Waals surface area contributed by atoms with Gasteiger partial charge in [-0.2, -0.15) is 18.2 Å². The molecule has 2 aromatic rings. The molecule has 12 heteroatoms. The van der Waals surface area contributed by atoms with E-state index < -0.39 is 29.8 Å². The number of alkyl halides is 3. The zero-order valence-electron chi connectivity index (χ0n) is 21.6. The highest BCUT2D eigenvalue weighted by atomic mass is 32.1. The first-order valence-electron chi connectivity index (χ1n) is 12.6. The van der Waals surface area contributed by atoms with E-state index in [9.17, 15) is 27.9 Å². The lowest BCUT2D eigenvalue weighted by Crippen LogP contribution is -2.38. The van der Waals surface area contributed by atoms with Gasteiger partial charge in [0.15, 0.2) is 4.80 Å². The predicted octanol–water partition coefficient (Wildman–Crippen LogP) is 5.31. The SMILES string of the molecule is CC(C)(C)c1cn(C[C@H]2CCCO2)c(=NC(=O)c2cc(C(F)(F)F)ccc2OC[C@H]2CCCN2C(=O)O)s1. The predicted molar refractivity (Wildman–Crippen MR) is 135 cm³/mol. The Kier molecular flexibility index (Phi) is 8.22. The van der Waals surface area contributed by atoms with Crippen molar-refractivity contribution >= 4 is 23.3 Å². The smallest absolute Gasteiger partial charge is 0.416 e. The lowest BCUT2D eigenvalue weighted by Gasteiger charge is -2.22. The van der Waals surface area contributed by atoms with Gasteiger partial charge in [0.05, 0.1) is 29.8 Å². The third-order valence-electron chi connectivity index (χ3n) is 6.67. The normalized spacial score (nSPS) is 20.8. The molecule has 2 aliphatic rings. The number of likely N-dealkylation sites (tertiary alicyclic amines) is 1. The second kappa shape index (κ2) is 11.1. The number of thiazole rings is 1. The van der Waals surface area contributed by atoms with E-state index in [-0.39, 0.29) is 29.4 Å². The van der Waals surface area contributed by atoms with E-state index in [2.05, 4.69) is 4.99 Å². The van der Waals surface area contributed by atoms with Crippen LogP contribution >= 0.6 is 11.3 Å². The van der Waals surface area contributed by atoms with Crippen molar-refractivity contribution in [3.05, 3.63) is 45.2 Å². The van der Waals surface area contributed by atoms with Crippen LogP contribution in [0.1, 0.15) is 67.3 Å². The van der Waals surface area contributed by atoms with E-state index in [1.807, 2.05) is 31.5 Å². The maximum absolute atomic E-state index is 13.5. The molecule has 2 saturated heterocycles. The van der Waals surface area contributed by atoms with Crippen molar-refractivity contribution in [2.24, 2.45) is 4.99 Å². The number of hydrogen-bond acceptors (Lipinski definition) is 5. The molecule has 2 amide bonds. The molecule has 0 saturated carbocycles. The van der Waals surface area contributed by atoms with Gasteiger partial charge in [0.1, 0.15) is 12.4 Å². The van der Waals surface area contributed by atoms with Crippen LogP contribution in [0.25, 0.3) is 0 Å². The lowest BCUT2D eigenvalue weighted by atomic mass is 9.95. The molecule has 0 bridgehead atoms. The first kappa shape index (κ1) is 28.2. The Balaban J connectivity index is 1.69. The quantitative estimate of drug-likeness (QED) is 0.522. The summed E-state index contributed by atoms with van der Waals surface area (Å²) in [5, 5.41) is 9.37. The molecule has 2 aliphatic heterocycles. The van der Waals surface area contributed by atoms with Gasteiger partial charge in [0, 0.05) is 24.2 Å². The number of amides is 2. The van der Waals surface area contributed by atoms with Gasteiger partial charge in [-0.25, -0.2) is 4.79 Å². The molecular weight excluding hydrogens is 523 g/mol. The third kappa shape index (κ3) is 6.58. The van der Waals surface area contributed by atoms with Crippen molar-refractivity contribution in [1.82, 2.24) is 9.47 Å². The Morgan fingerprint density at radius 2 is 1.97 bits per heavy atom. The highest BCUT2D eigenvalue weighted by Crippen LogP contribution is 2.33. The average Bonchev–Trinajstić information content (AvgIpc) is 3.58. The molecule has 1 aromatic heterocycles. The number of carbonyl (C=O) groups excluding carboxylic acids is 1. The maximum Gasteiger partial charge on any atom is 0.416 e. The van der Waals surface area contributed by atoms with E-state index in [1.54, 1.807) is 0 Å². The Bertz CT molecular complexity index is 1240. The molecule has 1 aromatic carbocycles. The van der Waals surface area contributed by atoms with Crippen LogP contribution < -0.4 is 9.54 Å². The standard InChI is InChI=1S/C26H32F3N3O5S/c1-25(2,3)21-14-31(13-18-7-5-11-36-18)23(38-21)30-22(33)19-12-16(26(27,28)29)8-9-20(19)37-15-17-6-4-10-32(17)24(34)35/h8-9,12,14,17-18H,4-7,10-11,13,15H2,1-3H3,(H,34,35)/t17-,18-/m1/s1. The highest BCUT2D eigenvalue weighted by Gasteiger charge is 2.33. The van der Waals surface area contributed by atoms with Crippen molar-refractivity contribution in [3.8, 4) is 5.75 Å². The number of hydrogen-bond donors (Lipinski definition) is 1. The summed E-state index contributed by atoms with van der Waals surface area (Å²) >= 11 is 1.31. The monoisotopic (exact) mass is 555 g/mol. The number of benzene rings is 1. The van der Waals surface area contributed by atoms with Crippen LogP contribution in [0.3, 0.4) is 0 Å². The van der Waals surface area contributed by atoms with Gasteiger partial charge < -0.3 is 24.0 Å². The van der Waals surface area contributed by atoms with Crippen LogP contribution in [0.5, 0.6) is 5.75 Å². The van der Waals surface area contributed by atoms with Crippen LogP contribution in [-0.2, 0) is 22.9 Å². The van der Waals surface area contributed by atoms with Crippen molar-refractivity contribution in [3.63, 3.8) is 0 Å².